The largest absolute Gasteiger partial charge is 0.341 e. The fourth-order valence-corrected chi connectivity index (χ4v) is 4.07. The van der Waals surface area contributed by atoms with Gasteiger partial charge in [-0.05, 0) is 62.7 Å². The van der Waals surface area contributed by atoms with Gasteiger partial charge < -0.3 is 14.7 Å². The minimum atomic E-state index is -0.485. The van der Waals surface area contributed by atoms with Crippen molar-refractivity contribution in [1.29, 1.82) is 0 Å². The summed E-state index contributed by atoms with van der Waals surface area (Å²) in [5, 5.41) is 0.0279. The molecule has 2 aliphatic heterocycles. The molecule has 2 heterocycles. The summed E-state index contributed by atoms with van der Waals surface area (Å²) in [5.74, 6) is -0.511. The zero-order chi connectivity index (χ0) is 20.6. The van der Waals surface area contributed by atoms with Crippen LogP contribution in [0.1, 0.15) is 37.7 Å². The molecule has 2 saturated heterocycles. The van der Waals surface area contributed by atoms with E-state index < -0.39 is 5.82 Å². The Hall–Kier alpha value is -1.92. The predicted octanol–water partition coefficient (Wildman–Crippen LogP) is 3.43. The van der Waals surface area contributed by atoms with E-state index in [2.05, 4.69) is 4.90 Å². The zero-order valence-corrected chi connectivity index (χ0v) is 17.5. The lowest BCUT2D eigenvalue weighted by Crippen LogP contribution is -2.37. The van der Waals surface area contributed by atoms with Crippen LogP contribution in [0, 0.1) is 5.82 Å². The van der Waals surface area contributed by atoms with Crippen molar-refractivity contribution in [3.63, 3.8) is 0 Å². The molecule has 0 bridgehead atoms. The van der Waals surface area contributed by atoms with Gasteiger partial charge in [-0.3, -0.25) is 9.59 Å². The molecule has 1 aromatic carbocycles. The lowest BCUT2D eigenvalue weighted by Gasteiger charge is -2.28. The minimum Gasteiger partial charge on any atom is -0.341 e. The molecular weight excluding hydrogens is 393 g/mol. The van der Waals surface area contributed by atoms with Gasteiger partial charge in [0.05, 0.1) is 5.02 Å². The molecule has 0 atom stereocenters. The first-order valence-electron chi connectivity index (χ1n) is 10.4. The van der Waals surface area contributed by atoms with Crippen LogP contribution in [0.2, 0.25) is 5.02 Å². The lowest BCUT2D eigenvalue weighted by molar-refractivity contribution is -0.130. The molecular formula is C22H29ClFN3O2. The highest BCUT2D eigenvalue weighted by atomic mass is 35.5. The number of benzene rings is 1. The van der Waals surface area contributed by atoms with Gasteiger partial charge in [0.25, 0.3) is 0 Å². The van der Waals surface area contributed by atoms with Crippen molar-refractivity contribution in [3.05, 3.63) is 40.7 Å². The van der Waals surface area contributed by atoms with E-state index in [0.717, 1.165) is 19.5 Å². The third kappa shape index (κ3) is 6.54. The first-order valence-corrected chi connectivity index (χ1v) is 10.8. The van der Waals surface area contributed by atoms with Gasteiger partial charge in [-0.15, -0.1) is 0 Å². The zero-order valence-electron chi connectivity index (χ0n) is 16.8. The third-order valence-electron chi connectivity index (χ3n) is 5.61. The number of likely N-dealkylation sites (tertiary alicyclic amines) is 1. The molecule has 2 fully saturated rings. The summed E-state index contributed by atoms with van der Waals surface area (Å²) in [6.07, 6.45) is 8.29. The van der Waals surface area contributed by atoms with Crippen molar-refractivity contribution in [2.24, 2.45) is 0 Å². The van der Waals surface area contributed by atoms with E-state index in [4.69, 9.17) is 11.6 Å². The quantitative estimate of drug-likeness (QED) is 0.661. The molecule has 158 valence electrons. The Kier molecular flexibility index (Phi) is 8.07. The molecule has 1 aromatic rings. The number of rotatable bonds is 6. The maximum absolute atomic E-state index is 13.2. The average molecular weight is 422 g/mol. The number of nitrogens with zero attached hydrogens (tertiary/aromatic N) is 3. The number of amides is 2. The van der Waals surface area contributed by atoms with Crippen molar-refractivity contribution in [3.8, 4) is 0 Å². The van der Waals surface area contributed by atoms with Gasteiger partial charge in [-0.25, -0.2) is 4.39 Å². The van der Waals surface area contributed by atoms with Gasteiger partial charge in [0, 0.05) is 38.7 Å². The van der Waals surface area contributed by atoms with Crippen molar-refractivity contribution in [1.82, 2.24) is 14.7 Å². The van der Waals surface area contributed by atoms with Crippen LogP contribution < -0.4 is 0 Å². The molecule has 0 radical (unpaired) electrons. The summed E-state index contributed by atoms with van der Waals surface area (Å²) < 4.78 is 13.2. The van der Waals surface area contributed by atoms with Crippen molar-refractivity contribution < 1.29 is 14.0 Å². The Bertz CT molecular complexity index is 750. The highest BCUT2D eigenvalue weighted by Crippen LogP contribution is 2.17. The standard InChI is InChI=1S/C22H29ClFN3O2/c23-19-17-18(5-7-20(19)24)6-8-21(28)27-14-9-22(29)26(15-16-27)13-4-12-25-10-2-1-3-11-25/h5-8,17H,1-4,9-16H2. The summed E-state index contributed by atoms with van der Waals surface area (Å²) in [7, 11) is 0. The highest BCUT2D eigenvalue weighted by molar-refractivity contribution is 6.30. The van der Waals surface area contributed by atoms with Crippen LogP contribution in [0.5, 0.6) is 0 Å². The molecule has 0 N–H and O–H groups in total. The highest BCUT2D eigenvalue weighted by Gasteiger charge is 2.22. The van der Waals surface area contributed by atoms with E-state index in [-0.39, 0.29) is 16.8 Å². The van der Waals surface area contributed by atoms with Gasteiger partial charge in [0.2, 0.25) is 11.8 Å². The van der Waals surface area contributed by atoms with Crippen molar-refractivity contribution in [2.75, 3.05) is 45.8 Å². The van der Waals surface area contributed by atoms with E-state index >= 15 is 0 Å². The first kappa shape index (κ1) is 21.8. The Balaban J connectivity index is 1.47. The Morgan fingerprint density at radius 1 is 1.07 bits per heavy atom. The predicted molar refractivity (Wildman–Crippen MR) is 113 cm³/mol. The minimum absolute atomic E-state index is 0.0279. The number of hydrogen-bond donors (Lipinski definition) is 0. The fraction of sp³-hybridized carbons (Fsp3) is 0.545. The molecule has 0 aliphatic carbocycles. The summed E-state index contributed by atoms with van der Waals surface area (Å²) in [5.41, 5.74) is 0.662. The summed E-state index contributed by atoms with van der Waals surface area (Å²) in [4.78, 5) is 31.0. The molecule has 0 saturated carbocycles. The topological polar surface area (TPSA) is 43.9 Å². The fourth-order valence-electron chi connectivity index (χ4n) is 3.88. The maximum Gasteiger partial charge on any atom is 0.246 e. The third-order valence-corrected chi connectivity index (χ3v) is 5.90. The van der Waals surface area contributed by atoms with E-state index in [9.17, 15) is 14.0 Å². The number of halogens is 2. The van der Waals surface area contributed by atoms with Gasteiger partial charge in [-0.1, -0.05) is 24.1 Å². The Morgan fingerprint density at radius 3 is 2.62 bits per heavy atom. The van der Waals surface area contributed by atoms with E-state index in [0.29, 0.717) is 31.6 Å². The Labute approximate surface area is 177 Å². The number of hydrogen-bond acceptors (Lipinski definition) is 3. The molecule has 3 rings (SSSR count). The van der Waals surface area contributed by atoms with Crippen LogP contribution in [-0.2, 0) is 9.59 Å². The molecule has 0 spiro atoms. The van der Waals surface area contributed by atoms with Crippen LogP contribution in [0.3, 0.4) is 0 Å². The van der Waals surface area contributed by atoms with Gasteiger partial charge in [-0.2, -0.15) is 0 Å². The van der Waals surface area contributed by atoms with E-state index in [1.807, 2.05) is 4.90 Å². The van der Waals surface area contributed by atoms with E-state index in [1.54, 1.807) is 17.0 Å². The van der Waals surface area contributed by atoms with Crippen LogP contribution in [0.25, 0.3) is 6.08 Å². The molecule has 0 aromatic heterocycles. The van der Waals surface area contributed by atoms with Gasteiger partial charge >= 0.3 is 0 Å². The maximum atomic E-state index is 13.2. The second-order valence-electron chi connectivity index (χ2n) is 7.72. The number of carbonyl (C=O) groups is 2. The average Bonchev–Trinajstić information content (AvgIpc) is 2.91. The normalized spacial score (nSPS) is 19.0. The summed E-state index contributed by atoms with van der Waals surface area (Å²) >= 11 is 5.77. The molecule has 2 aliphatic rings. The molecule has 5 nitrogen and oxygen atoms in total. The van der Waals surface area contributed by atoms with Crippen LogP contribution in [0.15, 0.2) is 24.3 Å². The second-order valence-corrected chi connectivity index (χ2v) is 8.13. The van der Waals surface area contributed by atoms with Crippen LogP contribution in [0.4, 0.5) is 4.39 Å². The number of piperidine rings is 1. The molecule has 0 unspecified atom stereocenters. The van der Waals surface area contributed by atoms with Gasteiger partial charge in [0.1, 0.15) is 5.82 Å². The lowest BCUT2D eigenvalue weighted by atomic mass is 10.1. The summed E-state index contributed by atoms with van der Waals surface area (Å²) in [6, 6.07) is 4.33. The van der Waals surface area contributed by atoms with Crippen molar-refractivity contribution in [2.45, 2.75) is 32.1 Å². The van der Waals surface area contributed by atoms with Crippen LogP contribution >= 0.6 is 11.6 Å². The summed E-state index contributed by atoms with van der Waals surface area (Å²) in [6.45, 7) is 5.65. The SMILES string of the molecule is O=C(C=Cc1ccc(F)c(Cl)c1)N1CCC(=O)N(CCCN2CCCCC2)CC1. The monoisotopic (exact) mass is 421 g/mol. The molecule has 7 heteroatoms. The van der Waals surface area contributed by atoms with E-state index in [1.165, 1.54) is 50.6 Å². The van der Waals surface area contributed by atoms with Crippen molar-refractivity contribution >= 4 is 29.5 Å². The van der Waals surface area contributed by atoms with Gasteiger partial charge in [0.15, 0.2) is 0 Å². The first-order chi connectivity index (χ1) is 14.0. The Morgan fingerprint density at radius 2 is 1.86 bits per heavy atom. The van der Waals surface area contributed by atoms with Crippen LogP contribution in [-0.4, -0.2) is 72.3 Å². The second kappa shape index (κ2) is 10.7. The molecule has 2 amide bonds. The smallest absolute Gasteiger partial charge is 0.246 e. The molecule has 29 heavy (non-hydrogen) atoms. The number of carbonyl (C=O) groups excluding carboxylic acids is 2.